The van der Waals surface area contributed by atoms with Gasteiger partial charge in [0.05, 0.1) is 16.7 Å². The van der Waals surface area contributed by atoms with Crippen molar-refractivity contribution in [1.82, 2.24) is 34.4 Å². The van der Waals surface area contributed by atoms with Crippen LogP contribution in [0.25, 0.3) is 33.2 Å². The number of hydrogen-bond donors (Lipinski definition) is 0. The first kappa shape index (κ1) is 27.6. The van der Waals surface area contributed by atoms with Gasteiger partial charge in [-0.15, -0.1) is 22.6 Å². The highest BCUT2D eigenvalue weighted by atomic mass is 35.5. The van der Waals surface area contributed by atoms with E-state index in [0.29, 0.717) is 0 Å². The number of halogens is 1. The van der Waals surface area contributed by atoms with Crippen LogP contribution in [0, 0.1) is 6.92 Å². The van der Waals surface area contributed by atoms with Gasteiger partial charge >= 0.3 is 0 Å². The zero-order valence-corrected chi connectivity index (χ0v) is 24.8. The zero-order valence-electron chi connectivity index (χ0n) is 23.1. The van der Waals surface area contributed by atoms with Crippen LogP contribution in [-0.4, -0.2) is 59.8 Å². The van der Waals surface area contributed by atoms with Crippen LogP contribution >= 0.6 is 24.2 Å². The van der Waals surface area contributed by atoms with E-state index < -0.39 is 0 Å². The maximum absolute atomic E-state index is 4.72. The molecule has 5 aromatic rings. The highest BCUT2D eigenvalue weighted by Gasteiger charge is 2.18. The molecule has 204 valence electrons. The second-order valence-corrected chi connectivity index (χ2v) is 11.4. The highest BCUT2D eigenvalue weighted by Crippen LogP contribution is 2.29. The van der Waals surface area contributed by atoms with Crippen LogP contribution in [-0.2, 0) is 33.4 Å². The van der Waals surface area contributed by atoms with E-state index in [2.05, 4.69) is 82.1 Å². The predicted molar refractivity (Wildman–Crippen MR) is 163 cm³/mol. The topological polar surface area (TPSA) is 64.7 Å². The molecule has 0 spiro atoms. The SMILES string of the molecule is CCc1nn(C)c2cc3c(cc12)CCN(CCCSc1nnc(-c2cccc4nc(C)ccc24)n1C)CC3.Cl. The van der Waals surface area contributed by atoms with Crippen LogP contribution in [0.4, 0.5) is 0 Å². The highest BCUT2D eigenvalue weighted by molar-refractivity contribution is 7.99. The molecule has 2 aromatic carbocycles. The molecule has 7 nitrogen and oxygen atoms in total. The van der Waals surface area contributed by atoms with Gasteiger partial charge in [-0.25, -0.2) is 0 Å². The fourth-order valence-electron chi connectivity index (χ4n) is 5.66. The Kier molecular flexibility index (Phi) is 8.26. The van der Waals surface area contributed by atoms with Crippen LogP contribution in [0.2, 0.25) is 0 Å². The van der Waals surface area contributed by atoms with Crippen molar-refractivity contribution in [2.45, 2.75) is 44.7 Å². The molecule has 4 heterocycles. The predicted octanol–water partition coefficient (Wildman–Crippen LogP) is 5.79. The molecule has 0 N–H and O–H groups in total. The van der Waals surface area contributed by atoms with Crippen molar-refractivity contribution in [3.8, 4) is 11.4 Å². The molecule has 0 saturated carbocycles. The molecule has 0 saturated heterocycles. The molecular weight excluding hydrogens is 526 g/mol. The average molecular weight is 562 g/mol. The maximum atomic E-state index is 4.72. The van der Waals surface area contributed by atoms with Crippen LogP contribution in [0.1, 0.15) is 35.9 Å². The van der Waals surface area contributed by atoms with E-state index in [1.807, 2.05) is 17.7 Å². The second kappa shape index (κ2) is 11.7. The number of nitrogens with zero attached hydrogens (tertiary/aromatic N) is 7. The van der Waals surface area contributed by atoms with Gasteiger partial charge < -0.3 is 9.47 Å². The zero-order chi connectivity index (χ0) is 26.2. The molecule has 6 rings (SSSR count). The minimum Gasteiger partial charge on any atom is -0.305 e. The van der Waals surface area contributed by atoms with Gasteiger partial charge in [0.25, 0.3) is 0 Å². The summed E-state index contributed by atoms with van der Waals surface area (Å²) in [4.78, 5) is 7.30. The molecule has 9 heteroatoms. The Morgan fingerprint density at radius 1 is 0.949 bits per heavy atom. The molecule has 0 bridgehead atoms. The average Bonchev–Trinajstić information content (AvgIpc) is 3.36. The Morgan fingerprint density at radius 3 is 2.54 bits per heavy atom. The van der Waals surface area contributed by atoms with Gasteiger partial charge in [0.15, 0.2) is 11.0 Å². The summed E-state index contributed by atoms with van der Waals surface area (Å²) >= 11 is 1.80. The summed E-state index contributed by atoms with van der Waals surface area (Å²) in [6.07, 6.45) is 4.33. The van der Waals surface area contributed by atoms with Crippen LogP contribution in [0.5, 0.6) is 0 Å². The molecule has 0 atom stereocenters. The monoisotopic (exact) mass is 561 g/mol. The fraction of sp³-hybridized carbons (Fsp3) is 0.400. The van der Waals surface area contributed by atoms with Gasteiger partial charge in [-0.1, -0.05) is 36.9 Å². The van der Waals surface area contributed by atoms with E-state index >= 15 is 0 Å². The van der Waals surface area contributed by atoms with Gasteiger partial charge in [-0.05, 0) is 74.5 Å². The number of hydrogen-bond acceptors (Lipinski definition) is 6. The van der Waals surface area contributed by atoms with Crippen molar-refractivity contribution in [1.29, 1.82) is 0 Å². The number of benzene rings is 2. The molecule has 0 aliphatic carbocycles. The van der Waals surface area contributed by atoms with Gasteiger partial charge in [-0.2, -0.15) is 5.10 Å². The lowest BCUT2D eigenvalue weighted by Gasteiger charge is -2.19. The van der Waals surface area contributed by atoms with E-state index in [1.54, 1.807) is 11.8 Å². The van der Waals surface area contributed by atoms with E-state index in [9.17, 15) is 0 Å². The van der Waals surface area contributed by atoms with Crippen LogP contribution in [0.15, 0.2) is 47.6 Å². The third kappa shape index (κ3) is 5.42. The van der Waals surface area contributed by atoms with E-state index in [0.717, 1.165) is 84.2 Å². The molecule has 39 heavy (non-hydrogen) atoms. The molecule has 0 radical (unpaired) electrons. The lowest BCUT2D eigenvalue weighted by atomic mass is 9.99. The molecule has 0 amide bonds. The Bertz CT molecular complexity index is 1620. The first-order chi connectivity index (χ1) is 18.5. The number of thioether (sulfide) groups is 1. The lowest BCUT2D eigenvalue weighted by molar-refractivity contribution is 0.289. The number of aryl methyl sites for hydroxylation is 3. The number of pyridine rings is 1. The Labute approximate surface area is 240 Å². The van der Waals surface area contributed by atoms with Gasteiger partial charge in [0.1, 0.15) is 0 Å². The van der Waals surface area contributed by atoms with E-state index in [4.69, 9.17) is 5.10 Å². The van der Waals surface area contributed by atoms with Gasteiger partial charge in [0.2, 0.25) is 0 Å². The summed E-state index contributed by atoms with van der Waals surface area (Å²) in [6.45, 7) is 7.56. The third-order valence-electron chi connectivity index (χ3n) is 7.77. The molecule has 1 aliphatic rings. The Hall–Kier alpha value is -2.94. The van der Waals surface area contributed by atoms with E-state index in [-0.39, 0.29) is 12.4 Å². The van der Waals surface area contributed by atoms with Crippen LogP contribution < -0.4 is 0 Å². The van der Waals surface area contributed by atoms with Crippen molar-refractivity contribution in [2.75, 3.05) is 25.4 Å². The molecule has 3 aromatic heterocycles. The first-order valence-electron chi connectivity index (χ1n) is 13.6. The minimum atomic E-state index is 0. The van der Waals surface area contributed by atoms with Crippen molar-refractivity contribution in [3.05, 3.63) is 65.0 Å². The largest absolute Gasteiger partial charge is 0.305 e. The van der Waals surface area contributed by atoms with Gasteiger partial charge in [-0.3, -0.25) is 9.67 Å². The second-order valence-electron chi connectivity index (χ2n) is 10.3. The Morgan fingerprint density at radius 2 is 1.74 bits per heavy atom. The molecule has 0 unspecified atom stereocenters. The van der Waals surface area contributed by atoms with E-state index in [1.165, 1.54) is 27.7 Å². The quantitative estimate of drug-likeness (QED) is 0.185. The van der Waals surface area contributed by atoms with Gasteiger partial charge in [0, 0.05) is 55.0 Å². The molecule has 0 fully saturated rings. The normalized spacial score (nSPS) is 13.9. The third-order valence-corrected chi connectivity index (χ3v) is 8.88. The smallest absolute Gasteiger partial charge is 0.191 e. The number of aromatic nitrogens is 6. The summed E-state index contributed by atoms with van der Waals surface area (Å²) in [5.74, 6) is 1.92. The molecule has 1 aliphatic heterocycles. The number of fused-ring (bicyclic) bond motifs is 3. The lowest BCUT2D eigenvalue weighted by Crippen LogP contribution is -2.27. The summed E-state index contributed by atoms with van der Waals surface area (Å²) in [7, 11) is 4.13. The summed E-state index contributed by atoms with van der Waals surface area (Å²) < 4.78 is 4.16. The Balaban J connectivity index is 0.00000308. The standard InChI is InChI=1S/C30H35N7S.ClH/c1-5-26-25-18-21-12-15-37(16-13-22(21)19-28(25)36(4)34-26)14-7-17-38-30-33-32-29(35(30)3)24-8-6-9-27-23(24)11-10-20(2)31-27;/h6,8-11,18-19H,5,7,12-17H2,1-4H3;1H. The number of rotatable bonds is 7. The first-order valence-corrected chi connectivity index (χ1v) is 14.6. The maximum Gasteiger partial charge on any atom is 0.191 e. The van der Waals surface area contributed by atoms with Crippen molar-refractivity contribution in [2.24, 2.45) is 14.1 Å². The summed E-state index contributed by atoms with van der Waals surface area (Å²) in [6, 6.07) is 15.2. The fourth-order valence-corrected chi connectivity index (χ4v) is 6.50. The van der Waals surface area contributed by atoms with Crippen molar-refractivity contribution < 1.29 is 0 Å². The van der Waals surface area contributed by atoms with Crippen molar-refractivity contribution in [3.63, 3.8) is 0 Å². The molecular formula is C30H36ClN7S. The van der Waals surface area contributed by atoms with Crippen LogP contribution in [0.3, 0.4) is 0 Å². The summed E-state index contributed by atoms with van der Waals surface area (Å²) in [5, 5.41) is 17.2. The minimum absolute atomic E-state index is 0. The summed E-state index contributed by atoms with van der Waals surface area (Å²) in [5.41, 5.74) is 8.57. The van der Waals surface area contributed by atoms with Crippen molar-refractivity contribution >= 4 is 46.0 Å².